The van der Waals surface area contributed by atoms with E-state index >= 15 is 0 Å². The van der Waals surface area contributed by atoms with Gasteiger partial charge >= 0.3 is 0 Å². The Morgan fingerprint density at radius 1 is 1.07 bits per heavy atom. The third-order valence-electron chi connectivity index (χ3n) is 4.09. The molecule has 0 bridgehead atoms. The molecule has 152 valence electrons. The molecular formula is C22H26N4O3. The Bertz CT molecular complexity index is 938. The first kappa shape index (κ1) is 20.3. The highest BCUT2D eigenvalue weighted by molar-refractivity contribution is 5.93. The summed E-state index contributed by atoms with van der Waals surface area (Å²) >= 11 is 0. The maximum absolute atomic E-state index is 5.56. The minimum absolute atomic E-state index is 0.389. The molecule has 3 rings (SSSR count). The molecule has 2 N–H and O–H groups in total. The van der Waals surface area contributed by atoms with Crippen molar-refractivity contribution < 1.29 is 14.0 Å². The fourth-order valence-electron chi connectivity index (χ4n) is 2.75. The zero-order valence-corrected chi connectivity index (χ0v) is 16.9. The number of ether oxygens (including phenoxy) is 2. The van der Waals surface area contributed by atoms with E-state index in [1.807, 2.05) is 68.4 Å². The van der Waals surface area contributed by atoms with Crippen molar-refractivity contribution in [2.24, 2.45) is 4.99 Å². The molecule has 29 heavy (non-hydrogen) atoms. The van der Waals surface area contributed by atoms with Crippen LogP contribution in [0.15, 0.2) is 64.1 Å². The second kappa shape index (κ2) is 10.2. The van der Waals surface area contributed by atoms with Crippen molar-refractivity contribution in [2.75, 3.05) is 25.6 Å². The van der Waals surface area contributed by atoms with Crippen LogP contribution < -0.4 is 20.1 Å². The van der Waals surface area contributed by atoms with Gasteiger partial charge in [0, 0.05) is 29.9 Å². The van der Waals surface area contributed by atoms with Crippen molar-refractivity contribution in [3.05, 3.63) is 60.3 Å². The summed E-state index contributed by atoms with van der Waals surface area (Å²) < 4.78 is 16.4. The molecule has 3 aromatic rings. The number of hydrogen-bond acceptors (Lipinski definition) is 5. The predicted octanol–water partition coefficient (Wildman–Crippen LogP) is 4.33. The van der Waals surface area contributed by atoms with E-state index in [0.29, 0.717) is 30.6 Å². The minimum atomic E-state index is 0.389. The number of hydrogen-bond donors (Lipinski definition) is 2. The normalized spacial score (nSPS) is 11.2. The maximum Gasteiger partial charge on any atom is 0.196 e. The molecule has 0 aliphatic heterocycles. The fraction of sp³-hybridized carbons (Fsp3) is 0.273. The SMILES string of the molecule is CCNC(=NCc1cc(-c2ccccc2)on1)Nc1ccc(OCC)c(OC)c1. The van der Waals surface area contributed by atoms with Gasteiger partial charge in [-0.25, -0.2) is 4.99 Å². The lowest BCUT2D eigenvalue weighted by Crippen LogP contribution is -2.30. The van der Waals surface area contributed by atoms with E-state index < -0.39 is 0 Å². The molecule has 0 unspecified atom stereocenters. The lowest BCUT2D eigenvalue weighted by Gasteiger charge is -2.14. The summed E-state index contributed by atoms with van der Waals surface area (Å²) in [4.78, 5) is 4.60. The smallest absolute Gasteiger partial charge is 0.196 e. The van der Waals surface area contributed by atoms with E-state index in [1.54, 1.807) is 7.11 Å². The fourth-order valence-corrected chi connectivity index (χ4v) is 2.75. The van der Waals surface area contributed by atoms with Crippen molar-refractivity contribution in [3.63, 3.8) is 0 Å². The Morgan fingerprint density at radius 3 is 2.62 bits per heavy atom. The van der Waals surface area contributed by atoms with E-state index in [2.05, 4.69) is 20.8 Å². The zero-order chi connectivity index (χ0) is 20.5. The molecule has 1 heterocycles. The van der Waals surface area contributed by atoms with Gasteiger partial charge in [0.2, 0.25) is 0 Å². The van der Waals surface area contributed by atoms with Crippen molar-refractivity contribution >= 4 is 11.6 Å². The molecule has 0 radical (unpaired) electrons. The summed E-state index contributed by atoms with van der Waals surface area (Å²) in [5.41, 5.74) is 2.59. The van der Waals surface area contributed by atoms with Crippen molar-refractivity contribution in [2.45, 2.75) is 20.4 Å². The Kier molecular flexibility index (Phi) is 7.10. The highest BCUT2D eigenvalue weighted by Gasteiger charge is 2.09. The maximum atomic E-state index is 5.56. The Hall–Kier alpha value is -3.48. The molecule has 7 heteroatoms. The number of methoxy groups -OCH3 is 1. The number of guanidine groups is 1. The average molecular weight is 394 g/mol. The van der Waals surface area contributed by atoms with E-state index in [-0.39, 0.29) is 0 Å². The Balaban J connectivity index is 1.71. The number of aliphatic imine (C=N–C) groups is 1. The first-order valence-electron chi connectivity index (χ1n) is 9.60. The summed E-state index contributed by atoms with van der Waals surface area (Å²) in [6.07, 6.45) is 0. The molecule has 0 amide bonds. The summed E-state index contributed by atoms with van der Waals surface area (Å²) in [7, 11) is 1.62. The van der Waals surface area contributed by atoms with Crippen LogP contribution >= 0.6 is 0 Å². The summed E-state index contributed by atoms with van der Waals surface area (Å²) in [6.45, 7) is 5.65. The van der Waals surface area contributed by atoms with E-state index in [9.17, 15) is 0 Å². The average Bonchev–Trinajstić information content (AvgIpc) is 3.23. The highest BCUT2D eigenvalue weighted by atomic mass is 16.5. The van der Waals surface area contributed by atoms with Gasteiger partial charge in [-0.15, -0.1) is 0 Å². The Morgan fingerprint density at radius 2 is 1.90 bits per heavy atom. The summed E-state index contributed by atoms with van der Waals surface area (Å²) in [5.74, 6) is 2.74. The third kappa shape index (κ3) is 5.51. The molecule has 0 aliphatic carbocycles. The van der Waals surface area contributed by atoms with Gasteiger partial charge in [-0.05, 0) is 26.0 Å². The van der Waals surface area contributed by atoms with Crippen LogP contribution in [0.3, 0.4) is 0 Å². The summed E-state index contributed by atoms with van der Waals surface area (Å²) in [5, 5.41) is 10.6. The first-order chi connectivity index (χ1) is 14.2. The van der Waals surface area contributed by atoms with Gasteiger partial charge in [-0.2, -0.15) is 0 Å². The van der Waals surface area contributed by atoms with Crippen LogP contribution in [0.5, 0.6) is 11.5 Å². The highest BCUT2D eigenvalue weighted by Crippen LogP contribution is 2.30. The van der Waals surface area contributed by atoms with Crippen LogP contribution in [0.25, 0.3) is 11.3 Å². The number of rotatable bonds is 8. The number of nitrogens with zero attached hydrogens (tertiary/aromatic N) is 2. The van der Waals surface area contributed by atoms with Gasteiger partial charge < -0.3 is 24.6 Å². The molecule has 0 atom stereocenters. The molecule has 2 aromatic carbocycles. The van der Waals surface area contributed by atoms with E-state index in [4.69, 9.17) is 14.0 Å². The molecule has 0 spiro atoms. The molecule has 0 aliphatic rings. The van der Waals surface area contributed by atoms with Crippen LogP contribution in [-0.4, -0.2) is 31.4 Å². The zero-order valence-electron chi connectivity index (χ0n) is 16.9. The lowest BCUT2D eigenvalue weighted by molar-refractivity contribution is 0.311. The van der Waals surface area contributed by atoms with Gasteiger partial charge in [-0.3, -0.25) is 0 Å². The third-order valence-corrected chi connectivity index (χ3v) is 4.09. The van der Waals surface area contributed by atoms with E-state index in [0.717, 1.165) is 29.2 Å². The number of nitrogens with one attached hydrogen (secondary N) is 2. The predicted molar refractivity (Wildman–Crippen MR) is 115 cm³/mol. The number of aromatic nitrogens is 1. The first-order valence-corrected chi connectivity index (χ1v) is 9.60. The van der Waals surface area contributed by atoms with Crippen LogP contribution in [0, 0.1) is 0 Å². The molecule has 0 saturated heterocycles. The topological polar surface area (TPSA) is 80.9 Å². The summed E-state index contributed by atoms with van der Waals surface area (Å²) in [6, 6.07) is 17.4. The largest absolute Gasteiger partial charge is 0.493 e. The molecule has 1 aromatic heterocycles. The van der Waals surface area contributed by atoms with Gasteiger partial charge in [0.1, 0.15) is 5.69 Å². The van der Waals surface area contributed by atoms with Gasteiger partial charge in [0.15, 0.2) is 23.2 Å². The molecule has 0 fully saturated rings. The van der Waals surface area contributed by atoms with Crippen LogP contribution in [0.1, 0.15) is 19.5 Å². The van der Waals surface area contributed by atoms with Crippen molar-refractivity contribution in [1.29, 1.82) is 0 Å². The lowest BCUT2D eigenvalue weighted by atomic mass is 10.2. The minimum Gasteiger partial charge on any atom is -0.493 e. The Labute approximate surface area is 170 Å². The van der Waals surface area contributed by atoms with Crippen LogP contribution in [0.4, 0.5) is 5.69 Å². The monoisotopic (exact) mass is 394 g/mol. The van der Waals surface area contributed by atoms with Gasteiger partial charge in [0.25, 0.3) is 0 Å². The molecular weight excluding hydrogens is 368 g/mol. The van der Waals surface area contributed by atoms with Gasteiger partial charge in [-0.1, -0.05) is 35.5 Å². The second-order valence-corrected chi connectivity index (χ2v) is 6.17. The standard InChI is InChI=1S/C22H26N4O3/c1-4-23-22(25-17-11-12-19(28-5-2)21(13-17)27-3)24-15-18-14-20(29-26-18)16-9-7-6-8-10-16/h6-14H,4-5,15H2,1-3H3,(H2,23,24,25). The van der Waals surface area contributed by atoms with Crippen LogP contribution in [0.2, 0.25) is 0 Å². The van der Waals surface area contributed by atoms with Crippen molar-refractivity contribution in [1.82, 2.24) is 10.5 Å². The van der Waals surface area contributed by atoms with E-state index in [1.165, 1.54) is 0 Å². The quantitative estimate of drug-likeness (QED) is 0.437. The molecule has 0 saturated carbocycles. The van der Waals surface area contributed by atoms with Crippen molar-refractivity contribution in [3.8, 4) is 22.8 Å². The number of anilines is 1. The van der Waals surface area contributed by atoms with Gasteiger partial charge in [0.05, 0.1) is 20.3 Å². The second-order valence-electron chi connectivity index (χ2n) is 6.17. The number of benzene rings is 2. The van der Waals surface area contributed by atoms with Crippen LogP contribution in [-0.2, 0) is 6.54 Å². The molecule has 7 nitrogen and oxygen atoms in total.